The number of halogens is 2. The van der Waals surface area contributed by atoms with E-state index in [2.05, 4.69) is 0 Å². The van der Waals surface area contributed by atoms with Crippen LogP contribution in [0, 0.1) is 17.1 Å². The summed E-state index contributed by atoms with van der Waals surface area (Å²) in [5.74, 6) is -0.514. The van der Waals surface area contributed by atoms with E-state index in [4.69, 9.17) is 16.9 Å². The van der Waals surface area contributed by atoms with E-state index in [1.807, 2.05) is 11.4 Å². The molecule has 74 valence electrons. The van der Waals surface area contributed by atoms with Gasteiger partial charge in [0, 0.05) is 5.56 Å². The van der Waals surface area contributed by atoms with Crippen LogP contribution in [0.2, 0.25) is 5.02 Å². The zero-order chi connectivity index (χ0) is 10.8. The van der Waals surface area contributed by atoms with Crippen LogP contribution in [0.15, 0.2) is 29.6 Å². The number of hydrogen-bond donors (Lipinski definition) is 0. The third-order valence-electron chi connectivity index (χ3n) is 1.99. The van der Waals surface area contributed by atoms with Gasteiger partial charge in [0.05, 0.1) is 15.5 Å². The van der Waals surface area contributed by atoms with Crippen LogP contribution in [0.5, 0.6) is 0 Å². The Hall–Kier alpha value is -1.37. The van der Waals surface area contributed by atoms with Crippen LogP contribution in [0.4, 0.5) is 4.39 Å². The lowest BCUT2D eigenvalue weighted by Gasteiger charge is -2.02. The molecule has 2 rings (SSSR count). The molecular formula is C11H5ClFNS. The molecule has 0 spiro atoms. The highest BCUT2D eigenvalue weighted by Gasteiger charge is 2.12. The fraction of sp³-hybridized carbons (Fsp3) is 0. The minimum Gasteiger partial charge on any atom is -0.206 e. The first-order valence-electron chi connectivity index (χ1n) is 4.16. The van der Waals surface area contributed by atoms with Crippen LogP contribution < -0.4 is 0 Å². The van der Waals surface area contributed by atoms with Crippen molar-refractivity contribution < 1.29 is 4.39 Å². The molecule has 0 atom stereocenters. The molecule has 0 fully saturated rings. The molecule has 0 bridgehead atoms. The van der Waals surface area contributed by atoms with Crippen molar-refractivity contribution >= 4 is 22.9 Å². The number of nitrogens with zero attached hydrogens (tertiary/aromatic N) is 1. The lowest BCUT2D eigenvalue weighted by molar-refractivity contribution is 0.624. The molecule has 1 heterocycles. The van der Waals surface area contributed by atoms with E-state index in [0.29, 0.717) is 10.6 Å². The number of benzene rings is 1. The van der Waals surface area contributed by atoms with E-state index in [1.54, 1.807) is 18.2 Å². The van der Waals surface area contributed by atoms with Gasteiger partial charge >= 0.3 is 0 Å². The summed E-state index contributed by atoms with van der Waals surface area (Å²) in [7, 11) is 0. The molecule has 0 saturated carbocycles. The Labute approximate surface area is 95.4 Å². The minimum absolute atomic E-state index is 0.0434. The first-order chi connectivity index (χ1) is 7.24. The van der Waals surface area contributed by atoms with Gasteiger partial charge in [0.2, 0.25) is 0 Å². The van der Waals surface area contributed by atoms with Gasteiger partial charge in [-0.1, -0.05) is 23.7 Å². The first-order valence-corrected chi connectivity index (χ1v) is 5.42. The summed E-state index contributed by atoms with van der Waals surface area (Å²) in [6.45, 7) is 0. The molecule has 0 aliphatic rings. The third-order valence-corrected chi connectivity index (χ3v) is 3.36. The van der Waals surface area contributed by atoms with Crippen molar-refractivity contribution in [3.05, 3.63) is 46.0 Å². The number of hydrogen-bond acceptors (Lipinski definition) is 2. The second-order valence-corrected chi connectivity index (χ2v) is 4.20. The SMILES string of the molecule is N#Cc1c(F)cccc1-c1sccc1Cl. The fourth-order valence-electron chi connectivity index (χ4n) is 1.31. The maximum Gasteiger partial charge on any atom is 0.141 e. The fourth-order valence-corrected chi connectivity index (χ4v) is 2.50. The second kappa shape index (κ2) is 4.01. The number of rotatable bonds is 1. The molecule has 0 aliphatic carbocycles. The zero-order valence-electron chi connectivity index (χ0n) is 7.50. The minimum atomic E-state index is -0.514. The predicted molar refractivity (Wildman–Crippen MR) is 59.4 cm³/mol. The number of nitriles is 1. The molecule has 0 aliphatic heterocycles. The molecule has 0 saturated heterocycles. The van der Waals surface area contributed by atoms with E-state index < -0.39 is 5.82 Å². The summed E-state index contributed by atoms with van der Waals surface area (Å²) in [5, 5.41) is 11.2. The van der Waals surface area contributed by atoms with E-state index in [-0.39, 0.29) is 5.56 Å². The van der Waals surface area contributed by atoms with Crippen molar-refractivity contribution in [3.8, 4) is 16.5 Å². The monoisotopic (exact) mass is 237 g/mol. The third kappa shape index (κ3) is 1.74. The molecule has 0 amide bonds. The van der Waals surface area contributed by atoms with Gasteiger partial charge in [-0.3, -0.25) is 0 Å². The topological polar surface area (TPSA) is 23.8 Å². The zero-order valence-corrected chi connectivity index (χ0v) is 9.07. The molecule has 0 radical (unpaired) electrons. The lowest BCUT2D eigenvalue weighted by atomic mass is 10.1. The molecule has 1 aromatic heterocycles. The van der Waals surface area contributed by atoms with Crippen LogP contribution in [-0.2, 0) is 0 Å². The van der Waals surface area contributed by atoms with Gasteiger partial charge in [0.15, 0.2) is 0 Å². The Morgan fingerprint density at radius 1 is 1.33 bits per heavy atom. The van der Waals surface area contributed by atoms with Crippen LogP contribution in [0.1, 0.15) is 5.56 Å². The molecule has 2 aromatic rings. The Morgan fingerprint density at radius 2 is 2.13 bits per heavy atom. The van der Waals surface area contributed by atoms with Crippen LogP contribution in [0.3, 0.4) is 0 Å². The van der Waals surface area contributed by atoms with Crippen LogP contribution >= 0.6 is 22.9 Å². The van der Waals surface area contributed by atoms with Crippen LogP contribution in [0.25, 0.3) is 10.4 Å². The smallest absolute Gasteiger partial charge is 0.141 e. The standard InChI is InChI=1S/C11H5ClFNS/c12-9-4-5-15-11(9)7-2-1-3-10(13)8(7)6-14/h1-5H. The van der Waals surface area contributed by atoms with E-state index in [1.165, 1.54) is 17.4 Å². The quantitative estimate of drug-likeness (QED) is 0.733. The van der Waals surface area contributed by atoms with Gasteiger partial charge in [-0.15, -0.1) is 11.3 Å². The van der Waals surface area contributed by atoms with Gasteiger partial charge in [-0.2, -0.15) is 5.26 Å². The van der Waals surface area contributed by atoms with Gasteiger partial charge in [-0.25, -0.2) is 4.39 Å². The normalized spacial score (nSPS) is 9.93. The maximum atomic E-state index is 13.3. The molecule has 15 heavy (non-hydrogen) atoms. The molecule has 1 aromatic carbocycles. The van der Waals surface area contributed by atoms with Gasteiger partial charge in [0.1, 0.15) is 11.9 Å². The van der Waals surface area contributed by atoms with Gasteiger partial charge in [0.25, 0.3) is 0 Å². The highest BCUT2D eigenvalue weighted by atomic mass is 35.5. The first kappa shape index (κ1) is 10.2. The Kier molecular flexibility index (Phi) is 2.72. The highest BCUT2D eigenvalue weighted by Crippen LogP contribution is 2.35. The Balaban J connectivity index is 2.70. The summed E-state index contributed by atoms with van der Waals surface area (Å²) in [5.41, 5.74) is 0.597. The average molecular weight is 238 g/mol. The number of thiophene rings is 1. The summed E-state index contributed by atoms with van der Waals surface area (Å²) in [6, 6.07) is 8.11. The summed E-state index contributed by atoms with van der Waals surface area (Å²) in [4.78, 5) is 0.729. The Bertz CT molecular complexity index is 542. The van der Waals surface area contributed by atoms with E-state index in [9.17, 15) is 4.39 Å². The highest BCUT2D eigenvalue weighted by molar-refractivity contribution is 7.14. The molecule has 1 nitrogen and oxygen atoms in total. The van der Waals surface area contributed by atoms with Gasteiger partial charge < -0.3 is 0 Å². The maximum absolute atomic E-state index is 13.3. The second-order valence-electron chi connectivity index (χ2n) is 2.87. The van der Waals surface area contributed by atoms with Gasteiger partial charge in [-0.05, 0) is 17.5 Å². The lowest BCUT2D eigenvalue weighted by Crippen LogP contribution is -1.87. The van der Waals surface area contributed by atoms with Crippen molar-refractivity contribution in [2.24, 2.45) is 0 Å². The molecular weight excluding hydrogens is 233 g/mol. The largest absolute Gasteiger partial charge is 0.206 e. The Morgan fingerprint density at radius 3 is 2.73 bits per heavy atom. The average Bonchev–Trinajstić information content (AvgIpc) is 2.64. The molecule has 4 heteroatoms. The predicted octanol–water partition coefficient (Wildman–Crippen LogP) is 4.08. The summed E-state index contributed by atoms with van der Waals surface area (Å²) < 4.78 is 13.3. The summed E-state index contributed by atoms with van der Waals surface area (Å²) in [6.07, 6.45) is 0. The van der Waals surface area contributed by atoms with Crippen molar-refractivity contribution in [2.75, 3.05) is 0 Å². The van der Waals surface area contributed by atoms with Crippen molar-refractivity contribution in [1.82, 2.24) is 0 Å². The van der Waals surface area contributed by atoms with E-state index >= 15 is 0 Å². The summed E-state index contributed by atoms with van der Waals surface area (Å²) >= 11 is 7.33. The van der Waals surface area contributed by atoms with Crippen molar-refractivity contribution in [2.45, 2.75) is 0 Å². The van der Waals surface area contributed by atoms with Crippen molar-refractivity contribution in [3.63, 3.8) is 0 Å². The molecule has 0 N–H and O–H groups in total. The van der Waals surface area contributed by atoms with Crippen molar-refractivity contribution in [1.29, 1.82) is 5.26 Å². The molecule has 0 unspecified atom stereocenters. The van der Waals surface area contributed by atoms with Crippen LogP contribution in [-0.4, -0.2) is 0 Å². The van der Waals surface area contributed by atoms with E-state index in [0.717, 1.165) is 4.88 Å².